The Morgan fingerprint density at radius 1 is 0.889 bits per heavy atom. The number of benzene rings is 2. The summed E-state index contributed by atoms with van der Waals surface area (Å²) in [5.74, 6) is 0.839. The largest absolute Gasteiger partial charge is 0.495 e. The van der Waals surface area contributed by atoms with Crippen LogP contribution in [-0.4, -0.2) is 21.2 Å². The monoisotopic (exact) mass is 242 g/mol. The molecule has 0 unspecified atom stereocenters. The number of anilines is 3. The van der Waals surface area contributed by atoms with Crippen LogP contribution in [0.25, 0.3) is 0 Å². The van der Waals surface area contributed by atoms with E-state index < -0.39 is 0 Å². The Morgan fingerprint density at radius 2 is 1.50 bits per heavy atom. The third-order valence-electron chi connectivity index (χ3n) is 2.76. The highest BCUT2D eigenvalue weighted by atomic mass is 16.5. The molecule has 2 aromatic rings. The van der Waals surface area contributed by atoms with Crippen LogP contribution in [0.1, 0.15) is 0 Å². The zero-order valence-corrected chi connectivity index (χ0v) is 11.0. The molecule has 2 rings (SSSR count). The first kappa shape index (κ1) is 12.3. The molecule has 2 aromatic carbocycles. The highest BCUT2D eigenvalue weighted by Gasteiger charge is 2.06. The third kappa shape index (κ3) is 2.56. The van der Waals surface area contributed by atoms with Crippen molar-refractivity contribution < 1.29 is 4.74 Å². The molecule has 1 N–H and O–H groups in total. The molecule has 0 fully saturated rings. The van der Waals surface area contributed by atoms with Crippen LogP contribution in [0.3, 0.4) is 0 Å². The van der Waals surface area contributed by atoms with E-state index in [1.807, 2.05) is 50.5 Å². The lowest BCUT2D eigenvalue weighted by Crippen LogP contribution is -2.10. The molecule has 0 spiro atoms. The summed E-state index contributed by atoms with van der Waals surface area (Å²) in [4.78, 5) is 2.08. The predicted molar refractivity (Wildman–Crippen MR) is 77.0 cm³/mol. The number of rotatable bonds is 4. The lowest BCUT2D eigenvalue weighted by Gasteiger charge is -2.19. The number of hydrogen-bond acceptors (Lipinski definition) is 3. The summed E-state index contributed by atoms with van der Waals surface area (Å²) in [6.07, 6.45) is 0. The van der Waals surface area contributed by atoms with E-state index in [2.05, 4.69) is 22.3 Å². The number of para-hydroxylation sites is 4. The molecule has 3 heteroatoms. The van der Waals surface area contributed by atoms with Crippen molar-refractivity contribution in [2.45, 2.75) is 0 Å². The van der Waals surface area contributed by atoms with Crippen molar-refractivity contribution in [2.75, 3.05) is 31.4 Å². The van der Waals surface area contributed by atoms with Crippen molar-refractivity contribution in [1.29, 1.82) is 0 Å². The molecule has 0 aliphatic rings. The van der Waals surface area contributed by atoms with Crippen molar-refractivity contribution in [3.8, 4) is 5.75 Å². The molecule has 3 nitrogen and oxygen atoms in total. The summed E-state index contributed by atoms with van der Waals surface area (Å²) in [5, 5.41) is 3.41. The number of nitrogens with zero attached hydrogens (tertiary/aromatic N) is 1. The first-order valence-electron chi connectivity index (χ1n) is 5.89. The Balaban J connectivity index is 2.34. The number of methoxy groups -OCH3 is 1. The predicted octanol–water partition coefficient (Wildman–Crippen LogP) is 3.50. The number of hydrogen-bond donors (Lipinski definition) is 1. The Labute approximate surface area is 108 Å². The van der Waals surface area contributed by atoms with E-state index in [4.69, 9.17) is 4.74 Å². The summed E-state index contributed by atoms with van der Waals surface area (Å²) in [6.45, 7) is 0. The molecule has 0 radical (unpaired) electrons. The van der Waals surface area contributed by atoms with Gasteiger partial charge < -0.3 is 15.0 Å². The average molecular weight is 242 g/mol. The van der Waals surface area contributed by atoms with Gasteiger partial charge in [-0.05, 0) is 24.3 Å². The highest BCUT2D eigenvalue weighted by molar-refractivity contribution is 5.77. The Bertz CT molecular complexity index is 523. The number of ether oxygens (including phenoxy) is 1. The SMILES string of the molecule is COc1ccccc1Nc1ccccc1N(C)C. The van der Waals surface area contributed by atoms with Crippen molar-refractivity contribution in [2.24, 2.45) is 0 Å². The van der Waals surface area contributed by atoms with Gasteiger partial charge in [-0.1, -0.05) is 24.3 Å². The van der Waals surface area contributed by atoms with Crippen LogP contribution in [0, 0.1) is 0 Å². The van der Waals surface area contributed by atoms with Crippen LogP contribution in [0.15, 0.2) is 48.5 Å². The van der Waals surface area contributed by atoms with E-state index in [-0.39, 0.29) is 0 Å². The van der Waals surface area contributed by atoms with E-state index in [0.29, 0.717) is 0 Å². The Kier molecular flexibility index (Phi) is 3.72. The van der Waals surface area contributed by atoms with E-state index in [0.717, 1.165) is 22.8 Å². The second kappa shape index (κ2) is 5.45. The topological polar surface area (TPSA) is 24.5 Å². The Hall–Kier alpha value is -2.16. The first-order valence-corrected chi connectivity index (χ1v) is 5.89. The lowest BCUT2D eigenvalue weighted by atomic mass is 10.2. The van der Waals surface area contributed by atoms with Crippen LogP contribution >= 0.6 is 0 Å². The van der Waals surface area contributed by atoms with Crippen LogP contribution in [0.5, 0.6) is 5.75 Å². The minimum Gasteiger partial charge on any atom is -0.495 e. The second-order valence-electron chi connectivity index (χ2n) is 4.24. The summed E-state index contributed by atoms with van der Waals surface area (Å²) in [6, 6.07) is 16.1. The van der Waals surface area contributed by atoms with Gasteiger partial charge in [0.1, 0.15) is 5.75 Å². The van der Waals surface area contributed by atoms with Crippen molar-refractivity contribution in [3.63, 3.8) is 0 Å². The average Bonchev–Trinajstić information content (AvgIpc) is 2.40. The van der Waals surface area contributed by atoms with Crippen LogP contribution < -0.4 is 15.0 Å². The maximum atomic E-state index is 5.34. The third-order valence-corrected chi connectivity index (χ3v) is 2.76. The molecule has 0 saturated carbocycles. The van der Waals surface area contributed by atoms with Crippen molar-refractivity contribution in [1.82, 2.24) is 0 Å². The normalized spacial score (nSPS) is 9.94. The molecule has 0 aliphatic carbocycles. The molecule has 0 atom stereocenters. The van der Waals surface area contributed by atoms with Gasteiger partial charge >= 0.3 is 0 Å². The number of nitrogens with one attached hydrogen (secondary N) is 1. The fraction of sp³-hybridized carbons (Fsp3) is 0.200. The van der Waals surface area contributed by atoms with Gasteiger partial charge in [0.15, 0.2) is 0 Å². The molecule has 0 bridgehead atoms. The van der Waals surface area contributed by atoms with Gasteiger partial charge in [0.05, 0.1) is 24.2 Å². The van der Waals surface area contributed by atoms with Gasteiger partial charge in [-0.2, -0.15) is 0 Å². The fourth-order valence-electron chi connectivity index (χ4n) is 1.86. The zero-order valence-electron chi connectivity index (χ0n) is 11.0. The minimum absolute atomic E-state index is 0.839. The maximum absolute atomic E-state index is 5.34. The van der Waals surface area contributed by atoms with Crippen LogP contribution in [0.4, 0.5) is 17.1 Å². The van der Waals surface area contributed by atoms with Gasteiger partial charge in [0.2, 0.25) is 0 Å². The molecule has 94 valence electrons. The standard InChI is InChI=1S/C15H18N2O/c1-17(2)14-10-6-4-8-12(14)16-13-9-5-7-11-15(13)18-3/h4-11,16H,1-3H3. The highest BCUT2D eigenvalue weighted by Crippen LogP contribution is 2.31. The van der Waals surface area contributed by atoms with E-state index in [9.17, 15) is 0 Å². The lowest BCUT2D eigenvalue weighted by molar-refractivity contribution is 0.417. The van der Waals surface area contributed by atoms with Gasteiger partial charge in [-0.15, -0.1) is 0 Å². The minimum atomic E-state index is 0.839. The van der Waals surface area contributed by atoms with Crippen molar-refractivity contribution >= 4 is 17.1 Å². The second-order valence-corrected chi connectivity index (χ2v) is 4.24. The molecule has 0 heterocycles. The van der Waals surface area contributed by atoms with E-state index >= 15 is 0 Å². The molecular formula is C15H18N2O. The first-order chi connectivity index (χ1) is 8.72. The summed E-state index contributed by atoms with van der Waals surface area (Å²) in [7, 11) is 5.74. The quantitative estimate of drug-likeness (QED) is 0.888. The molecule has 18 heavy (non-hydrogen) atoms. The van der Waals surface area contributed by atoms with Gasteiger partial charge in [-0.3, -0.25) is 0 Å². The Morgan fingerprint density at radius 3 is 2.17 bits per heavy atom. The molecule has 0 amide bonds. The molecular weight excluding hydrogens is 224 g/mol. The summed E-state index contributed by atoms with van der Waals surface area (Å²) >= 11 is 0. The van der Waals surface area contributed by atoms with E-state index in [1.165, 1.54) is 0 Å². The molecule has 0 aromatic heterocycles. The van der Waals surface area contributed by atoms with E-state index in [1.54, 1.807) is 7.11 Å². The van der Waals surface area contributed by atoms with Gasteiger partial charge in [0, 0.05) is 14.1 Å². The fourth-order valence-corrected chi connectivity index (χ4v) is 1.86. The maximum Gasteiger partial charge on any atom is 0.142 e. The van der Waals surface area contributed by atoms with Crippen molar-refractivity contribution in [3.05, 3.63) is 48.5 Å². The van der Waals surface area contributed by atoms with Crippen LogP contribution in [-0.2, 0) is 0 Å². The molecule has 0 saturated heterocycles. The van der Waals surface area contributed by atoms with Crippen LogP contribution in [0.2, 0.25) is 0 Å². The summed E-state index contributed by atoms with van der Waals surface area (Å²) in [5.41, 5.74) is 3.17. The van der Waals surface area contributed by atoms with Gasteiger partial charge in [-0.25, -0.2) is 0 Å². The zero-order chi connectivity index (χ0) is 13.0. The molecule has 0 aliphatic heterocycles. The van der Waals surface area contributed by atoms with Gasteiger partial charge in [0.25, 0.3) is 0 Å². The summed E-state index contributed by atoms with van der Waals surface area (Å²) < 4.78 is 5.34. The smallest absolute Gasteiger partial charge is 0.142 e.